The van der Waals surface area contributed by atoms with Crippen LogP contribution in [0.3, 0.4) is 0 Å². The van der Waals surface area contributed by atoms with Crippen LogP contribution in [-0.4, -0.2) is 25.5 Å². The van der Waals surface area contributed by atoms with Gasteiger partial charge in [-0.1, -0.05) is 50.1 Å². The Labute approximate surface area is 123 Å². The lowest BCUT2D eigenvalue weighted by molar-refractivity contribution is -0.153. The van der Waals surface area contributed by atoms with E-state index in [-0.39, 0.29) is 18.2 Å². The molecule has 2 unspecified atom stereocenters. The molecule has 3 heteroatoms. The SMILES string of the molecule is CCCCC(N)C(c1ccccc1)C(OCC)OCC. The van der Waals surface area contributed by atoms with Crippen LogP contribution in [0.5, 0.6) is 0 Å². The molecule has 1 rings (SSSR count). The molecule has 1 aromatic rings. The molecule has 20 heavy (non-hydrogen) atoms. The van der Waals surface area contributed by atoms with Crippen molar-refractivity contribution >= 4 is 0 Å². The highest BCUT2D eigenvalue weighted by atomic mass is 16.7. The van der Waals surface area contributed by atoms with Crippen molar-refractivity contribution in [2.75, 3.05) is 13.2 Å². The first-order chi connectivity index (χ1) is 9.74. The highest BCUT2D eigenvalue weighted by molar-refractivity contribution is 5.22. The van der Waals surface area contributed by atoms with Crippen molar-refractivity contribution in [2.24, 2.45) is 5.73 Å². The van der Waals surface area contributed by atoms with E-state index in [1.54, 1.807) is 0 Å². The van der Waals surface area contributed by atoms with Gasteiger partial charge in [0.1, 0.15) is 0 Å². The summed E-state index contributed by atoms with van der Waals surface area (Å²) < 4.78 is 11.6. The zero-order chi connectivity index (χ0) is 14.8. The number of hydrogen-bond acceptors (Lipinski definition) is 3. The lowest BCUT2D eigenvalue weighted by Gasteiger charge is -2.31. The molecule has 0 aliphatic heterocycles. The molecule has 0 saturated carbocycles. The number of ether oxygens (including phenoxy) is 2. The average Bonchev–Trinajstić information content (AvgIpc) is 2.47. The van der Waals surface area contributed by atoms with Gasteiger partial charge in [0.2, 0.25) is 0 Å². The Hall–Kier alpha value is -0.900. The fraction of sp³-hybridized carbons (Fsp3) is 0.647. The van der Waals surface area contributed by atoms with E-state index in [0.29, 0.717) is 13.2 Å². The number of benzene rings is 1. The third kappa shape index (κ3) is 5.23. The van der Waals surface area contributed by atoms with Crippen molar-refractivity contribution in [3.63, 3.8) is 0 Å². The van der Waals surface area contributed by atoms with E-state index in [0.717, 1.165) is 19.3 Å². The predicted octanol–water partition coefficient (Wildman–Crippen LogP) is 3.69. The van der Waals surface area contributed by atoms with Crippen LogP contribution in [0.25, 0.3) is 0 Å². The van der Waals surface area contributed by atoms with Gasteiger partial charge < -0.3 is 15.2 Å². The van der Waals surface area contributed by atoms with Gasteiger partial charge >= 0.3 is 0 Å². The van der Waals surface area contributed by atoms with Gasteiger partial charge in [-0.25, -0.2) is 0 Å². The maximum absolute atomic E-state index is 6.44. The molecule has 114 valence electrons. The van der Waals surface area contributed by atoms with Gasteiger partial charge in [0.15, 0.2) is 6.29 Å². The van der Waals surface area contributed by atoms with Gasteiger partial charge in [-0.2, -0.15) is 0 Å². The summed E-state index contributed by atoms with van der Waals surface area (Å²) in [5.41, 5.74) is 7.63. The average molecular weight is 279 g/mol. The van der Waals surface area contributed by atoms with E-state index < -0.39 is 0 Å². The van der Waals surface area contributed by atoms with Crippen LogP contribution < -0.4 is 5.73 Å². The molecule has 0 spiro atoms. The van der Waals surface area contributed by atoms with Crippen LogP contribution in [0.15, 0.2) is 30.3 Å². The Bertz CT molecular complexity index is 336. The third-order valence-corrected chi connectivity index (χ3v) is 3.49. The minimum Gasteiger partial charge on any atom is -0.352 e. The molecule has 3 nitrogen and oxygen atoms in total. The quantitative estimate of drug-likeness (QED) is 0.664. The molecule has 0 aromatic heterocycles. The van der Waals surface area contributed by atoms with E-state index in [1.807, 2.05) is 32.0 Å². The molecule has 2 N–H and O–H groups in total. The molecule has 0 fully saturated rings. The van der Waals surface area contributed by atoms with Crippen LogP contribution in [-0.2, 0) is 9.47 Å². The molecule has 0 heterocycles. The third-order valence-electron chi connectivity index (χ3n) is 3.49. The van der Waals surface area contributed by atoms with E-state index in [1.165, 1.54) is 5.56 Å². The first-order valence-electron chi connectivity index (χ1n) is 7.78. The second-order valence-electron chi connectivity index (χ2n) is 5.02. The first kappa shape index (κ1) is 17.2. The van der Waals surface area contributed by atoms with Crippen LogP contribution in [0.1, 0.15) is 51.5 Å². The number of hydrogen-bond donors (Lipinski definition) is 1. The highest BCUT2D eigenvalue weighted by Crippen LogP contribution is 2.28. The Kier molecular flexibility index (Phi) is 8.51. The van der Waals surface area contributed by atoms with Gasteiger partial charge in [-0.15, -0.1) is 0 Å². The molecule has 0 aliphatic carbocycles. The van der Waals surface area contributed by atoms with Crippen LogP contribution in [0.2, 0.25) is 0 Å². The molecule has 0 radical (unpaired) electrons. The smallest absolute Gasteiger partial charge is 0.165 e. The number of rotatable bonds is 10. The van der Waals surface area contributed by atoms with Crippen molar-refractivity contribution in [3.05, 3.63) is 35.9 Å². The molecule has 0 saturated heterocycles. The molecular weight excluding hydrogens is 250 g/mol. The lowest BCUT2D eigenvalue weighted by atomic mass is 9.88. The highest BCUT2D eigenvalue weighted by Gasteiger charge is 2.29. The normalized spacial score (nSPS) is 14.4. The van der Waals surface area contributed by atoms with Gasteiger partial charge in [0.25, 0.3) is 0 Å². The zero-order valence-electron chi connectivity index (χ0n) is 13.0. The maximum Gasteiger partial charge on any atom is 0.165 e. The zero-order valence-corrected chi connectivity index (χ0v) is 13.0. The summed E-state index contributed by atoms with van der Waals surface area (Å²) in [6, 6.07) is 10.4. The molecule has 0 bridgehead atoms. The summed E-state index contributed by atoms with van der Waals surface area (Å²) in [5.74, 6) is 0.0858. The number of nitrogens with two attached hydrogens (primary N) is 1. The van der Waals surface area contributed by atoms with E-state index in [9.17, 15) is 0 Å². The molecular formula is C17H29NO2. The van der Waals surface area contributed by atoms with Crippen LogP contribution in [0, 0.1) is 0 Å². The Morgan fingerprint density at radius 3 is 2.10 bits per heavy atom. The van der Waals surface area contributed by atoms with Crippen molar-refractivity contribution in [2.45, 2.75) is 58.3 Å². The summed E-state index contributed by atoms with van der Waals surface area (Å²) in [6.45, 7) is 7.44. The Morgan fingerprint density at radius 2 is 1.60 bits per heavy atom. The monoisotopic (exact) mass is 279 g/mol. The molecule has 0 amide bonds. The standard InChI is InChI=1S/C17H29NO2/c1-4-7-13-15(18)16(14-11-9-8-10-12-14)17(19-5-2)20-6-3/h8-12,15-17H,4-7,13,18H2,1-3H3. The number of unbranched alkanes of at least 4 members (excludes halogenated alkanes) is 1. The second-order valence-corrected chi connectivity index (χ2v) is 5.02. The minimum absolute atomic E-state index is 0.0560. The summed E-state index contributed by atoms with van der Waals surface area (Å²) in [5, 5.41) is 0. The topological polar surface area (TPSA) is 44.5 Å². The van der Waals surface area contributed by atoms with Gasteiger partial charge in [-0.3, -0.25) is 0 Å². The fourth-order valence-electron chi connectivity index (χ4n) is 2.48. The minimum atomic E-state index is -0.265. The van der Waals surface area contributed by atoms with Gasteiger partial charge in [0.05, 0.1) is 5.92 Å². The van der Waals surface area contributed by atoms with Crippen LogP contribution >= 0.6 is 0 Å². The lowest BCUT2D eigenvalue weighted by Crippen LogP contribution is -2.39. The molecule has 0 aliphatic rings. The summed E-state index contributed by atoms with van der Waals surface area (Å²) in [4.78, 5) is 0. The predicted molar refractivity (Wildman–Crippen MR) is 83.7 cm³/mol. The van der Waals surface area contributed by atoms with Crippen molar-refractivity contribution in [3.8, 4) is 0 Å². The molecule has 1 aromatic carbocycles. The van der Waals surface area contributed by atoms with Crippen molar-refractivity contribution in [1.82, 2.24) is 0 Å². The van der Waals surface area contributed by atoms with Crippen LogP contribution in [0.4, 0.5) is 0 Å². The maximum atomic E-state index is 6.44. The summed E-state index contributed by atoms with van der Waals surface area (Å²) in [6.07, 6.45) is 3.02. The fourth-order valence-corrected chi connectivity index (χ4v) is 2.48. The Balaban J connectivity index is 2.92. The van der Waals surface area contributed by atoms with E-state index in [2.05, 4.69) is 19.1 Å². The van der Waals surface area contributed by atoms with Crippen molar-refractivity contribution in [1.29, 1.82) is 0 Å². The van der Waals surface area contributed by atoms with E-state index >= 15 is 0 Å². The Morgan fingerprint density at radius 1 is 1.00 bits per heavy atom. The molecule has 2 atom stereocenters. The summed E-state index contributed by atoms with van der Waals surface area (Å²) >= 11 is 0. The largest absolute Gasteiger partial charge is 0.352 e. The van der Waals surface area contributed by atoms with Crippen molar-refractivity contribution < 1.29 is 9.47 Å². The van der Waals surface area contributed by atoms with Gasteiger partial charge in [-0.05, 0) is 25.8 Å². The van der Waals surface area contributed by atoms with E-state index in [4.69, 9.17) is 15.2 Å². The van der Waals surface area contributed by atoms with Gasteiger partial charge in [0, 0.05) is 19.3 Å². The second kappa shape index (κ2) is 9.92. The first-order valence-corrected chi connectivity index (χ1v) is 7.78. The summed E-state index contributed by atoms with van der Waals surface area (Å²) in [7, 11) is 0.